The maximum Gasteiger partial charge on any atom is 0.407 e. The fraction of sp³-hybridized carbons (Fsp3) is 0.567. The second-order valence-electron chi connectivity index (χ2n) is 10.9. The van der Waals surface area contributed by atoms with Gasteiger partial charge in [-0.05, 0) is 43.4 Å². The Kier molecular flexibility index (Phi) is 10.2. The fourth-order valence-electron chi connectivity index (χ4n) is 5.67. The van der Waals surface area contributed by atoms with Crippen LogP contribution in [0.4, 0.5) is 4.79 Å². The molecule has 2 saturated heterocycles. The number of rotatable bonds is 8. The third-order valence-corrected chi connectivity index (χ3v) is 9.93. The van der Waals surface area contributed by atoms with E-state index in [4.69, 9.17) is 23.7 Å². The van der Waals surface area contributed by atoms with Gasteiger partial charge >= 0.3 is 6.09 Å². The summed E-state index contributed by atoms with van der Waals surface area (Å²) in [6, 6.07) is 13.2. The number of sulfonamides is 1. The first kappa shape index (κ1) is 30.6. The van der Waals surface area contributed by atoms with Crippen LogP contribution in [0.5, 0.6) is 11.5 Å². The van der Waals surface area contributed by atoms with Crippen LogP contribution in [0.3, 0.4) is 0 Å². The molecule has 0 bridgehead atoms. The van der Waals surface area contributed by atoms with Crippen molar-refractivity contribution in [1.82, 2.24) is 9.62 Å². The molecule has 0 radical (unpaired) electrons. The van der Waals surface area contributed by atoms with Gasteiger partial charge in [-0.15, -0.1) is 0 Å². The largest absolute Gasteiger partial charge is 0.497 e. The van der Waals surface area contributed by atoms with E-state index < -0.39 is 34.4 Å². The average molecular weight is 605 g/mol. The van der Waals surface area contributed by atoms with Gasteiger partial charge in [-0.25, -0.2) is 13.2 Å². The van der Waals surface area contributed by atoms with Gasteiger partial charge in [-0.2, -0.15) is 4.31 Å². The highest BCUT2D eigenvalue weighted by Crippen LogP contribution is 2.34. The highest BCUT2D eigenvalue weighted by molar-refractivity contribution is 7.89. The molecule has 1 amide bonds. The van der Waals surface area contributed by atoms with Crippen molar-refractivity contribution in [2.75, 3.05) is 40.0 Å². The van der Waals surface area contributed by atoms with E-state index in [2.05, 4.69) is 5.32 Å². The molecule has 5 rings (SSSR count). The highest BCUT2D eigenvalue weighted by atomic mass is 32.2. The number of nitrogens with one attached hydrogen (secondary N) is 1. The summed E-state index contributed by atoms with van der Waals surface area (Å²) < 4.78 is 57.2. The monoisotopic (exact) mass is 604 g/mol. The molecule has 11 nitrogen and oxygen atoms in total. The van der Waals surface area contributed by atoms with E-state index in [9.17, 15) is 18.3 Å². The summed E-state index contributed by atoms with van der Waals surface area (Å²) in [4.78, 5) is 13.1. The lowest BCUT2D eigenvalue weighted by Gasteiger charge is -2.30. The Bertz CT molecular complexity index is 1290. The molecule has 2 N–H and O–H groups in total. The summed E-state index contributed by atoms with van der Waals surface area (Å²) >= 11 is 0. The topological polar surface area (TPSA) is 133 Å². The summed E-state index contributed by atoms with van der Waals surface area (Å²) in [5.41, 5.74) is 0.876. The zero-order chi connectivity index (χ0) is 29.5. The summed E-state index contributed by atoms with van der Waals surface area (Å²) in [5.74, 6) is 0.669. The van der Waals surface area contributed by atoms with Gasteiger partial charge in [0.05, 0.1) is 45.0 Å². The maximum absolute atomic E-state index is 14.0. The van der Waals surface area contributed by atoms with Crippen LogP contribution in [-0.4, -0.2) is 88.5 Å². The molecular weight excluding hydrogens is 564 g/mol. The molecule has 2 aromatic rings. The molecule has 42 heavy (non-hydrogen) atoms. The number of hydrogen-bond donors (Lipinski definition) is 2. The van der Waals surface area contributed by atoms with Gasteiger partial charge in [-0.1, -0.05) is 43.2 Å². The Balaban J connectivity index is 1.36. The van der Waals surface area contributed by atoms with Crippen molar-refractivity contribution in [3.8, 4) is 11.5 Å². The van der Waals surface area contributed by atoms with Gasteiger partial charge in [0.1, 0.15) is 22.5 Å². The molecule has 0 saturated carbocycles. The molecule has 230 valence electrons. The minimum absolute atomic E-state index is 0.0129. The molecule has 12 heteroatoms. The van der Waals surface area contributed by atoms with Crippen LogP contribution in [-0.2, 0) is 30.7 Å². The minimum Gasteiger partial charge on any atom is -0.497 e. The number of carbonyl (C=O) groups excluding carboxylic acids is 1. The Morgan fingerprint density at radius 3 is 2.71 bits per heavy atom. The highest BCUT2D eigenvalue weighted by Gasteiger charge is 2.44. The van der Waals surface area contributed by atoms with E-state index in [0.717, 1.165) is 31.2 Å². The number of benzene rings is 2. The standard InChI is InChI=1S/C30H40N2O9S/c1-37-22-11-12-28-26(18-22)38-15-8-3-2-7-14-32(42(28,35)36)19-25(33)24(17-21-9-5-4-6-10-21)31-30(34)41-27-20-40-29-23(27)13-16-39-29/h4-6,9-12,18,23-25,27,29,33H,2-3,7-8,13-17,19-20H2,1H3,(H,31,34)/t23-,24-,25+,27-,29+/m0/s1. The lowest BCUT2D eigenvalue weighted by atomic mass is 10.0. The predicted molar refractivity (Wildman–Crippen MR) is 153 cm³/mol. The smallest absolute Gasteiger partial charge is 0.407 e. The van der Waals surface area contributed by atoms with Crippen LogP contribution < -0.4 is 14.8 Å². The Morgan fingerprint density at radius 1 is 1.10 bits per heavy atom. The Hall–Kier alpha value is -2.90. The first-order chi connectivity index (χ1) is 20.3. The molecular formula is C30H40N2O9S. The number of nitrogens with zero attached hydrogens (tertiary/aromatic N) is 1. The maximum atomic E-state index is 14.0. The van der Waals surface area contributed by atoms with Crippen LogP contribution in [0.25, 0.3) is 0 Å². The number of alkyl carbamates (subject to hydrolysis) is 1. The van der Waals surface area contributed by atoms with Crippen molar-refractivity contribution in [3.63, 3.8) is 0 Å². The second kappa shape index (κ2) is 14.0. The zero-order valence-electron chi connectivity index (χ0n) is 23.9. The molecule has 0 unspecified atom stereocenters. The van der Waals surface area contributed by atoms with Crippen molar-refractivity contribution in [2.45, 2.75) is 68.0 Å². The van der Waals surface area contributed by atoms with Crippen molar-refractivity contribution in [1.29, 1.82) is 0 Å². The van der Waals surface area contributed by atoms with Gasteiger partial charge in [0.2, 0.25) is 10.0 Å². The average Bonchev–Trinajstić information content (AvgIpc) is 3.60. The number of carbonyl (C=O) groups is 1. The molecule has 5 atom stereocenters. The third-order valence-electron chi connectivity index (χ3n) is 8.03. The Labute approximate surface area is 247 Å². The number of ether oxygens (including phenoxy) is 5. The van der Waals surface area contributed by atoms with E-state index in [1.165, 1.54) is 17.5 Å². The second-order valence-corrected chi connectivity index (χ2v) is 12.8. The number of β-amino-alcohol motifs (C(OH)–C–C–N with tert-alkyl or cyclic N) is 1. The molecule has 0 spiro atoms. The molecule has 0 aromatic heterocycles. The number of aliphatic hydroxyl groups excluding tert-OH is 1. The van der Waals surface area contributed by atoms with E-state index in [1.54, 1.807) is 12.1 Å². The van der Waals surface area contributed by atoms with Crippen molar-refractivity contribution in [2.24, 2.45) is 5.92 Å². The summed E-state index contributed by atoms with van der Waals surface area (Å²) in [7, 11) is -2.55. The SMILES string of the molecule is COc1ccc2c(c1)OCCCCCCN(C[C@@H](O)[C@H](Cc1ccccc1)NC(=O)O[C@H]1CO[C@H]3OCC[C@H]31)S2(=O)=O. The summed E-state index contributed by atoms with van der Waals surface area (Å²) in [6.45, 7) is 1.18. The number of amides is 1. The lowest BCUT2D eigenvalue weighted by Crippen LogP contribution is -2.51. The molecule has 3 aliphatic heterocycles. The normalized spacial score (nSPS) is 25.6. The van der Waals surface area contributed by atoms with Gasteiger partial charge < -0.3 is 34.1 Å². The molecule has 0 aliphatic carbocycles. The molecule has 3 heterocycles. The summed E-state index contributed by atoms with van der Waals surface area (Å²) in [5, 5.41) is 14.3. The van der Waals surface area contributed by atoms with Gasteiger partial charge in [0.25, 0.3) is 0 Å². The van der Waals surface area contributed by atoms with Crippen molar-refractivity contribution < 1.29 is 42.0 Å². The van der Waals surface area contributed by atoms with E-state index in [1.807, 2.05) is 30.3 Å². The van der Waals surface area contributed by atoms with Crippen LogP contribution in [0, 0.1) is 5.92 Å². The molecule has 2 fully saturated rings. The third kappa shape index (κ3) is 7.35. The summed E-state index contributed by atoms with van der Waals surface area (Å²) in [6.07, 6.45) is 1.40. The number of methoxy groups -OCH3 is 1. The first-order valence-electron chi connectivity index (χ1n) is 14.6. The fourth-order valence-corrected chi connectivity index (χ4v) is 7.28. The predicted octanol–water partition coefficient (Wildman–Crippen LogP) is 3.10. The number of hydrogen-bond acceptors (Lipinski definition) is 9. The quantitative estimate of drug-likeness (QED) is 0.466. The van der Waals surface area contributed by atoms with E-state index in [-0.39, 0.29) is 49.0 Å². The first-order valence-corrected chi connectivity index (χ1v) is 16.0. The van der Waals surface area contributed by atoms with Crippen molar-refractivity contribution >= 4 is 16.1 Å². The molecule has 2 aromatic carbocycles. The van der Waals surface area contributed by atoms with E-state index in [0.29, 0.717) is 25.4 Å². The van der Waals surface area contributed by atoms with Crippen LogP contribution in [0.1, 0.15) is 37.7 Å². The van der Waals surface area contributed by atoms with E-state index >= 15 is 0 Å². The Morgan fingerprint density at radius 2 is 1.90 bits per heavy atom. The number of aliphatic hydroxyl groups is 1. The van der Waals surface area contributed by atoms with Crippen molar-refractivity contribution in [3.05, 3.63) is 54.1 Å². The van der Waals surface area contributed by atoms with Gasteiger partial charge in [0.15, 0.2) is 6.29 Å². The van der Waals surface area contributed by atoms with Gasteiger partial charge in [0, 0.05) is 19.2 Å². The van der Waals surface area contributed by atoms with Crippen LogP contribution >= 0.6 is 0 Å². The number of fused-ring (bicyclic) bond motifs is 2. The zero-order valence-corrected chi connectivity index (χ0v) is 24.7. The lowest BCUT2D eigenvalue weighted by molar-refractivity contribution is -0.0907. The molecule has 3 aliphatic rings. The van der Waals surface area contributed by atoms with Crippen LogP contribution in [0.15, 0.2) is 53.4 Å². The van der Waals surface area contributed by atoms with Crippen LogP contribution in [0.2, 0.25) is 0 Å². The van der Waals surface area contributed by atoms with Gasteiger partial charge in [-0.3, -0.25) is 0 Å². The minimum atomic E-state index is -4.06.